The van der Waals surface area contributed by atoms with E-state index in [1.807, 2.05) is 79.8 Å². The van der Waals surface area contributed by atoms with Crippen molar-refractivity contribution in [2.75, 3.05) is 23.4 Å². The summed E-state index contributed by atoms with van der Waals surface area (Å²) in [7, 11) is 2.04. The van der Waals surface area contributed by atoms with Gasteiger partial charge in [-0.15, -0.1) is 0 Å². The molecular formula is C36H30N2O3. The molecule has 0 radical (unpaired) electrons. The van der Waals surface area contributed by atoms with Crippen LogP contribution in [0.2, 0.25) is 0 Å². The zero-order chi connectivity index (χ0) is 28.0. The van der Waals surface area contributed by atoms with Gasteiger partial charge in [-0.2, -0.15) is 0 Å². The number of benzene rings is 5. The molecule has 41 heavy (non-hydrogen) atoms. The second-order valence-electron chi connectivity index (χ2n) is 10.5. The number of anilines is 4. The van der Waals surface area contributed by atoms with E-state index in [1.54, 1.807) is 0 Å². The molecule has 0 bridgehead atoms. The Labute approximate surface area is 240 Å². The minimum absolute atomic E-state index is 0.322. The van der Waals surface area contributed by atoms with Crippen molar-refractivity contribution in [1.29, 1.82) is 0 Å². The predicted molar refractivity (Wildman–Crippen MR) is 163 cm³/mol. The van der Waals surface area contributed by atoms with Gasteiger partial charge in [-0.3, -0.25) is 0 Å². The number of nitrogens with zero attached hydrogens (tertiary/aromatic N) is 2. The average molecular weight is 539 g/mol. The van der Waals surface area contributed by atoms with Gasteiger partial charge in [0.1, 0.15) is 11.5 Å². The Balaban J connectivity index is 1.39. The molecule has 0 saturated heterocycles. The number of hydrogen-bond donors (Lipinski definition) is 0. The summed E-state index contributed by atoms with van der Waals surface area (Å²) in [5.41, 5.74) is 6.42. The third kappa shape index (κ3) is 4.13. The topological polar surface area (TPSA) is 42.0 Å². The number of hydrogen-bond acceptors (Lipinski definition) is 5. The third-order valence-corrected chi connectivity index (χ3v) is 8.19. The minimum Gasteiger partial charge on any atom is -0.456 e. The highest BCUT2D eigenvalue weighted by Gasteiger charge is 2.49. The van der Waals surface area contributed by atoms with Crippen LogP contribution in [0.15, 0.2) is 121 Å². The monoisotopic (exact) mass is 538 g/mol. The molecule has 2 heterocycles. The molecule has 1 unspecified atom stereocenters. The van der Waals surface area contributed by atoms with Crippen LogP contribution >= 0.6 is 0 Å². The van der Waals surface area contributed by atoms with Crippen LogP contribution < -0.4 is 14.5 Å². The maximum atomic E-state index is 13.6. The highest BCUT2D eigenvalue weighted by atomic mass is 16.6. The summed E-state index contributed by atoms with van der Waals surface area (Å²) in [5.74, 6) is 1.06. The summed E-state index contributed by atoms with van der Waals surface area (Å²) in [4.78, 5) is 17.9. The quantitative estimate of drug-likeness (QED) is 0.210. The van der Waals surface area contributed by atoms with E-state index in [4.69, 9.17) is 9.47 Å². The Morgan fingerprint density at radius 2 is 1.37 bits per heavy atom. The number of ether oxygens (including phenoxy) is 2. The van der Waals surface area contributed by atoms with Crippen molar-refractivity contribution in [2.24, 2.45) is 0 Å². The second kappa shape index (κ2) is 9.86. The maximum absolute atomic E-state index is 13.6. The fourth-order valence-electron chi connectivity index (χ4n) is 6.11. The lowest BCUT2D eigenvalue weighted by Crippen LogP contribution is -2.42. The normalized spacial score (nSPS) is 16.6. The number of carbonyl (C=O) groups is 1. The maximum Gasteiger partial charge on any atom is 0.339 e. The predicted octanol–water partition coefficient (Wildman–Crippen LogP) is 8.37. The third-order valence-electron chi connectivity index (χ3n) is 8.19. The van der Waals surface area contributed by atoms with Crippen molar-refractivity contribution in [3.8, 4) is 11.5 Å². The molecule has 2 aliphatic rings. The number of para-hydroxylation sites is 2. The summed E-state index contributed by atoms with van der Waals surface area (Å²) in [6, 6.07) is 40.6. The second-order valence-corrected chi connectivity index (χ2v) is 10.5. The van der Waals surface area contributed by atoms with Crippen molar-refractivity contribution in [1.82, 2.24) is 0 Å². The van der Waals surface area contributed by atoms with E-state index < -0.39 is 5.60 Å². The lowest BCUT2D eigenvalue weighted by atomic mass is 9.76. The number of fused-ring (bicyclic) bond motifs is 5. The van der Waals surface area contributed by atoms with Crippen LogP contribution in [0.1, 0.15) is 34.0 Å². The Bertz CT molecular complexity index is 1750. The molecule has 5 nitrogen and oxygen atoms in total. The summed E-state index contributed by atoms with van der Waals surface area (Å²) in [6.07, 6.45) is 0.521. The molecule has 2 aliphatic heterocycles. The summed E-state index contributed by atoms with van der Waals surface area (Å²) in [5, 5.41) is 0. The number of carbonyl (C=O) groups excluding carboxylic acids is 1. The van der Waals surface area contributed by atoms with Crippen LogP contribution in [-0.4, -0.2) is 19.6 Å². The van der Waals surface area contributed by atoms with E-state index in [2.05, 4.69) is 65.3 Å². The van der Waals surface area contributed by atoms with Crippen LogP contribution in [0.3, 0.4) is 0 Å². The smallest absolute Gasteiger partial charge is 0.339 e. The molecule has 0 aliphatic carbocycles. The Morgan fingerprint density at radius 1 is 0.683 bits per heavy atom. The molecule has 0 N–H and O–H groups in total. The van der Waals surface area contributed by atoms with Gasteiger partial charge in [0, 0.05) is 60.0 Å². The van der Waals surface area contributed by atoms with Crippen LogP contribution in [0, 0.1) is 0 Å². The molecule has 5 aromatic rings. The lowest BCUT2D eigenvalue weighted by Gasteiger charge is -2.43. The highest BCUT2D eigenvalue weighted by Crippen LogP contribution is 2.54. The van der Waals surface area contributed by atoms with E-state index in [0.29, 0.717) is 23.5 Å². The van der Waals surface area contributed by atoms with E-state index in [9.17, 15) is 4.79 Å². The van der Waals surface area contributed by atoms with E-state index in [-0.39, 0.29) is 5.97 Å². The van der Waals surface area contributed by atoms with E-state index >= 15 is 0 Å². The Hall–Kier alpha value is -5.03. The van der Waals surface area contributed by atoms with Crippen molar-refractivity contribution in [3.05, 3.63) is 144 Å². The molecule has 0 fully saturated rings. The molecule has 0 aromatic heterocycles. The first kappa shape index (κ1) is 25.0. The highest BCUT2D eigenvalue weighted by molar-refractivity contribution is 5.93. The SMILES string of the molecule is CCN(c1ccccc1)c1ccc2c(c1)C1(Cc3ccccc3C(=O)O1)c1ccc(N(C)c3ccccc3)cc1O2. The first-order valence-corrected chi connectivity index (χ1v) is 14.0. The van der Waals surface area contributed by atoms with Crippen molar-refractivity contribution in [3.63, 3.8) is 0 Å². The molecule has 0 amide bonds. The first-order valence-electron chi connectivity index (χ1n) is 14.0. The van der Waals surface area contributed by atoms with E-state index in [0.717, 1.165) is 46.0 Å². The fourth-order valence-corrected chi connectivity index (χ4v) is 6.11. The van der Waals surface area contributed by atoms with Gasteiger partial charge >= 0.3 is 5.97 Å². The molecule has 0 saturated carbocycles. The molecule has 1 spiro atoms. The molecule has 5 heteroatoms. The van der Waals surface area contributed by atoms with Gasteiger partial charge in [0.2, 0.25) is 0 Å². The number of esters is 1. The largest absolute Gasteiger partial charge is 0.456 e. The van der Waals surface area contributed by atoms with Crippen LogP contribution in [0.5, 0.6) is 11.5 Å². The molecule has 1 atom stereocenters. The standard InChI is InChI=1S/C36H30N2O3/c1-3-38(27-15-8-5-9-16-27)29-19-21-33-32(22-29)36(24-25-12-10-11-17-30(25)35(39)41-36)31-20-18-28(23-34(31)40-33)37(2)26-13-6-4-7-14-26/h4-23H,3,24H2,1-2H3. The van der Waals surface area contributed by atoms with Gasteiger partial charge in [-0.25, -0.2) is 4.79 Å². The van der Waals surface area contributed by atoms with Gasteiger partial charge < -0.3 is 19.3 Å². The van der Waals surface area contributed by atoms with Gasteiger partial charge in [-0.05, 0) is 73.2 Å². The first-order chi connectivity index (χ1) is 20.1. The zero-order valence-corrected chi connectivity index (χ0v) is 23.1. The van der Waals surface area contributed by atoms with Gasteiger partial charge in [0.15, 0.2) is 5.60 Å². The van der Waals surface area contributed by atoms with Gasteiger partial charge in [-0.1, -0.05) is 54.6 Å². The average Bonchev–Trinajstić information content (AvgIpc) is 3.02. The van der Waals surface area contributed by atoms with Gasteiger partial charge in [0.05, 0.1) is 5.56 Å². The minimum atomic E-state index is -1.02. The summed E-state index contributed by atoms with van der Waals surface area (Å²) >= 11 is 0. The van der Waals surface area contributed by atoms with Crippen molar-refractivity contribution < 1.29 is 14.3 Å². The fraction of sp³-hybridized carbons (Fsp3) is 0.139. The Kier molecular flexibility index (Phi) is 6.01. The van der Waals surface area contributed by atoms with E-state index in [1.165, 1.54) is 0 Å². The summed E-state index contributed by atoms with van der Waals surface area (Å²) in [6.45, 7) is 2.92. The number of rotatable bonds is 5. The molecule has 202 valence electrons. The Morgan fingerprint density at radius 3 is 2.12 bits per heavy atom. The zero-order valence-electron chi connectivity index (χ0n) is 23.1. The van der Waals surface area contributed by atoms with Crippen LogP contribution in [0.4, 0.5) is 22.7 Å². The summed E-state index contributed by atoms with van der Waals surface area (Å²) < 4.78 is 13.1. The molecular weight excluding hydrogens is 508 g/mol. The van der Waals surface area contributed by atoms with Crippen molar-refractivity contribution >= 4 is 28.7 Å². The van der Waals surface area contributed by atoms with Crippen LogP contribution in [0.25, 0.3) is 0 Å². The van der Waals surface area contributed by atoms with Gasteiger partial charge in [0.25, 0.3) is 0 Å². The van der Waals surface area contributed by atoms with Crippen LogP contribution in [-0.2, 0) is 16.8 Å². The lowest BCUT2D eigenvalue weighted by molar-refractivity contribution is -0.0112. The molecule has 7 rings (SSSR count). The van der Waals surface area contributed by atoms with Crippen molar-refractivity contribution in [2.45, 2.75) is 18.9 Å². The molecule has 5 aromatic carbocycles.